The molecule has 0 radical (unpaired) electrons. The van der Waals surface area contributed by atoms with E-state index >= 15 is 0 Å². The number of ether oxygens (including phenoxy) is 2. The monoisotopic (exact) mass is 305 g/mol. The maximum atomic E-state index is 12.3. The molecule has 1 aromatic carbocycles. The van der Waals surface area contributed by atoms with Gasteiger partial charge in [-0.2, -0.15) is 0 Å². The van der Waals surface area contributed by atoms with Crippen molar-refractivity contribution in [1.29, 1.82) is 0 Å². The van der Waals surface area contributed by atoms with E-state index in [9.17, 15) is 18.6 Å². The van der Waals surface area contributed by atoms with Gasteiger partial charge in [-0.15, -0.1) is 0 Å². The standard InChI is InChI=1S/C12H19NO6S/c1-12(7-14,8-15)13-20(16,17)11-6-9(18-2)4-5-10(11)19-3/h4-6,13-15H,7-8H2,1-3H3. The topological polar surface area (TPSA) is 105 Å². The first-order valence-electron chi connectivity index (χ1n) is 5.79. The molecule has 0 aliphatic rings. The number of hydrogen-bond donors (Lipinski definition) is 3. The van der Waals surface area contributed by atoms with Crippen LogP contribution >= 0.6 is 0 Å². The molecule has 0 saturated carbocycles. The highest BCUT2D eigenvalue weighted by molar-refractivity contribution is 7.89. The highest BCUT2D eigenvalue weighted by atomic mass is 32.2. The molecule has 8 heteroatoms. The van der Waals surface area contributed by atoms with Crippen molar-refractivity contribution in [2.24, 2.45) is 0 Å². The second-order valence-corrected chi connectivity index (χ2v) is 6.15. The van der Waals surface area contributed by atoms with Crippen LogP contribution in [0.4, 0.5) is 0 Å². The van der Waals surface area contributed by atoms with Gasteiger partial charge in [0.15, 0.2) is 0 Å². The molecule has 0 heterocycles. The van der Waals surface area contributed by atoms with E-state index < -0.39 is 28.8 Å². The lowest BCUT2D eigenvalue weighted by molar-refractivity contribution is 0.121. The van der Waals surface area contributed by atoms with E-state index in [0.29, 0.717) is 5.75 Å². The molecule has 0 atom stereocenters. The summed E-state index contributed by atoms with van der Waals surface area (Å²) in [4.78, 5) is -0.132. The number of hydrogen-bond acceptors (Lipinski definition) is 6. The molecule has 0 spiro atoms. The lowest BCUT2D eigenvalue weighted by atomic mass is 10.1. The first-order valence-corrected chi connectivity index (χ1v) is 7.28. The Morgan fingerprint density at radius 2 is 1.80 bits per heavy atom. The number of rotatable bonds is 7. The van der Waals surface area contributed by atoms with E-state index in [4.69, 9.17) is 9.47 Å². The van der Waals surface area contributed by atoms with Crippen LogP contribution in [-0.4, -0.2) is 51.6 Å². The van der Waals surface area contributed by atoms with Crippen LogP contribution in [0.25, 0.3) is 0 Å². The number of nitrogens with one attached hydrogen (secondary N) is 1. The van der Waals surface area contributed by atoms with Crippen molar-refractivity contribution in [3.05, 3.63) is 18.2 Å². The summed E-state index contributed by atoms with van der Waals surface area (Å²) in [7, 11) is -1.23. The summed E-state index contributed by atoms with van der Waals surface area (Å²) < 4.78 is 36.9. The van der Waals surface area contributed by atoms with E-state index in [1.54, 1.807) is 6.07 Å². The smallest absolute Gasteiger partial charge is 0.245 e. The molecule has 3 N–H and O–H groups in total. The van der Waals surface area contributed by atoms with Gasteiger partial charge in [0.25, 0.3) is 0 Å². The molecule has 0 unspecified atom stereocenters. The average Bonchev–Trinajstić information content (AvgIpc) is 2.45. The van der Waals surface area contributed by atoms with E-state index in [-0.39, 0.29) is 10.6 Å². The zero-order chi connectivity index (χ0) is 15.4. The average molecular weight is 305 g/mol. The Balaban J connectivity index is 3.27. The Labute approximate surface area is 118 Å². The summed E-state index contributed by atoms with van der Waals surface area (Å²) in [6.07, 6.45) is 0. The van der Waals surface area contributed by atoms with Crippen LogP contribution in [0.5, 0.6) is 11.5 Å². The number of sulfonamides is 1. The summed E-state index contributed by atoms with van der Waals surface area (Å²) in [5.41, 5.74) is -1.37. The Morgan fingerprint density at radius 1 is 1.20 bits per heavy atom. The SMILES string of the molecule is COc1ccc(OC)c(S(=O)(=O)NC(C)(CO)CO)c1. The van der Waals surface area contributed by atoms with Gasteiger partial charge in [0.1, 0.15) is 16.4 Å². The van der Waals surface area contributed by atoms with Gasteiger partial charge in [-0.05, 0) is 19.1 Å². The molecule has 7 nitrogen and oxygen atoms in total. The van der Waals surface area contributed by atoms with Gasteiger partial charge in [0.2, 0.25) is 10.0 Å². The first-order chi connectivity index (χ1) is 9.31. The van der Waals surface area contributed by atoms with Gasteiger partial charge in [-0.3, -0.25) is 0 Å². The van der Waals surface area contributed by atoms with Crippen molar-refractivity contribution >= 4 is 10.0 Å². The van der Waals surface area contributed by atoms with Crippen LogP contribution in [-0.2, 0) is 10.0 Å². The van der Waals surface area contributed by atoms with Crippen molar-refractivity contribution in [2.45, 2.75) is 17.4 Å². The van der Waals surface area contributed by atoms with Gasteiger partial charge in [-0.25, -0.2) is 13.1 Å². The number of benzene rings is 1. The first kappa shape index (κ1) is 16.7. The van der Waals surface area contributed by atoms with Crippen molar-refractivity contribution in [3.63, 3.8) is 0 Å². The third kappa shape index (κ3) is 3.60. The molecule has 1 aromatic rings. The lowest BCUT2D eigenvalue weighted by Crippen LogP contribution is -2.51. The van der Waals surface area contributed by atoms with E-state index in [2.05, 4.69) is 4.72 Å². The van der Waals surface area contributed by atoms with Gasteiger partial charge in [0.05, 0.1) is 33.0 Å². The summed E-state index contributed by atoms with van der Waals surface area (Å²) in [6, 6.07) is 4.33. The molecule has 0 amide bonds. The Hall–Kier alpha value is -1.35. The minimum atomic E-state index is -3.99. The summed E-state index contributed by atoms with van der Waals surface area (Å²) in [5.74, 6) is 0.484. The van der Waals surface area contributed by atoms with Crippen LogP contribution in [0.1, 0.15) is 6.92 Å². The van der Waals surface area contributed by atoms with E-state index in [0.717, 1.165) is 0 Å². The molecule has 0 fully saturated rings. The van der Waals surface area contributed by atoms with Crippen LogP contribution < -0.4 is 14.2 Å². The van der Waals surface area contributed by atoms with Gasteiger partial charge < -0.3 is 19.7 Å². The summed E-state index contributed by atoms with van der Waals surface area (Å²) in [6.45, 7) is 0.293. The van der Waals surface area contributed by atoms with E-state index in [1.807, 2.05) is 0 Å². The zero-order valence-corrected chi connectivity index (χ0v) is 12.4. The normalized spacial score (nSPS) is 12.2. The zero-order valence-electron chi connectivity index (χ0n) is 11.6. The minimum Gasteiger partial charge on any atom is -0.497 e. The molecule has 0 bridgehead atoms. The quantitative estimate of drug-likeness (QED) is 0.640. The molecular weight excluding hydrogens is 286 g/mol. The summed E-state index contributed by atoms with van der Waals surface area (Å²) >= 11 is 0. The van der Waals surface area contributed by atoms with Crippen LogP contribution in [0, 0.1) is 0 Å². The molecule has 0 saturated heterocycles. The molecule has 0 aromatic heterocycles. The number of aliphatic hydroxyl groups is 2. The van der Waals surface area contributed by atoms with Crippen LogP contribution in [0.15, 0.2) is 23.1 Å². The van der Waals surface area contributed by atoms with Crippen molar-refractivity contribution in [1.82, 2.24) is 4.72 Å². The maximum Gasteiger partial charge on any atom is 0.245 e. The molecule has 20 heavy (non-hydrogen) atoms. The number of methoxy groups -OCH3 is 2. The minimum absolute atomic E-state index is 0.132. The largest absolute Gasteiger partial charge is 0.497 e. The second kappa shape index (κ2) is 6.40. The van der Waals surface area contributed by atoms with Crippen molar-refractivity contribution in [3.8, 4) is 11.5 Å². The van der Waals surface area contributed by atoms with Gasteiger partial charge >= 0.3 is 0 Å². The van der Waals surface area contributed by atoms with Crippen molar-refractivity contribution in [2.75, 3.05) is 27.4 Å². The van der Waals surface area contributed by atoms with Gasteiger partial charge in [-0.1, -0.05) is 0 Å². The summed E-state index contributed by atoms with van der Waals surface area (Å²) in [5, 5.41) is 18.4. The molecule has 114 valence electrons. The third-order valence-electron chi connectivity index (χ3n) is 2.74. The van der Waals surface area contributed by atoms with Crippen molar-refractivity contribution < 1.29 is 28.1 Å². The Kier molecular flexibility index (Phi) is 5.35. The molecule has 1 rings (SSSR count). The highest BCUT2D eigenvalue weighted by Gasteiger charge is 2.31. The molecule has 0 aliphatic carbocycles. The van der Waals surface area contributed by atoms with E-state index in [1.165, 1.54) is 33.3 Å². The molecule has 0 aliphatic heterocycles. The number of aliphatic hydroxyl groups excluding tert-OH is 2. The Morgan fingerprint density at radius 3 is 2.25 bits per heavy atom. The second-order valence-electron chi connectivity index (χ2n) is 4.50. The highest BCUT2D eigenvalue weighted by Crippen LogP contribution is 2.28. The predicted octanol–water partition coefficient (Wildman–Crippen LogP) is -0.275. The van der Waals surface area contributed by atoms with Crippen LogP contribution in [0.2, 0.25) is 0 Å². The third-order valence-corrected chi connectivity index (χ3v) is 4.40. The predicted molar refractivity (Wildman–Crippen MR) is 72.4 cm³/mol. The van der Waals surface area contributed by atoms with Crippen LogP contribution in [0.3, 0.4) is 0 Å². The fourth-order valence-corrected chi connectivity index (χ4v) is 3.06. The van der Waals surface area contributed by atoms with Gasteiger partial charge in [0, 0.05) is 6.07 Å². The fraction of sp³-hybridized carbons (Fsp3) is 0.500. The Bertz CT molecular complexity index is 553. The lowest BCUT2D eigenvalue weighted by Gasteiger charge is -2.26. The molecular formula is C12H19NO6S. The fourth-order valence-electron chi connectivity index (χ4n) is 1.49. The maximum absolute atomic E-state index is 12.3.